The summed E-state index contributed by atoms with van der Waals surface area (Å²) in [6.45, 7) is 3.26. The number of nitriles is 1. The van der Waals surface area contributed by atoms with E-state index in [1.807, 2.05) is 49.4 Å². The second-order valence-electron chi connectivity index (χ2n) is 5.05. The van der Waals surface area contributed by atoms with E-state index in [0.29, 0.717) is 19.8 Å². The highest BCUT2D eigenvalue weighted by Gasteiger charge is 2.11. The van der Waals surface area contributed by atoms with Gasteiger partial charge in [0, 0.05) is 19.0 Å². The summed E-state index contributed by atoms with van der Waals surface area (Å²) in [6.07, 6.45) is 1.60. The highest BCUT2D eigenvalue weighted by atomic mass is 16.5. The minimum atomic E-state index is -0.410. The van der Waals surface area contributed by atoms with Crippen molar-refractivity contribution in [2.75, 3.05) is 26.9 Å². The highest BCUT2D eigenvalue weighted by Crippen LogP contribution is 2.29. The van der Waals surface area contributed by atoms with E-state index in [-0.39, 0.29) is 5.57 Å². The van der Waals surface area contributed by atoms with Gasteiger partial charge in [0.05, 0.1) is 13.2 Å². The second-order valence-corrected chi connectivity index (χ2v) is 5.05. The molecule has 0 unspecified atom stereocenters. The summed E-state index contributed by atoms with van der Waals surface area (Å²) in [5.41, 5.74) is 0.855. The predicted octanol–water partition coefficient (Wildman–Crippen LogP) is 2.91. The van der Waals surface area contributed by atoms with Gasteiger partial charge in [0.1, 0.15) is 17.4 Å². The maximum atomic E-state index is 12.1. The van der Waals surface area contributed by atoms with Crippen LogP contribution in [0.2, 0.25) is 0 Å². The lowest BCUT2D eigenvalue weighted by molar-refractivity contribution is -0.117. The molecule has 5 nitrogen and oxygen atoms in total. The zero-order chi connectivity index (χ0) is 17.4. The summed E-state index contributed by atoms with van der Waals surface area (Å²) in [4.78, 5) is 12.1. The van der Waals surface area contributed by atoms with Crippen LogP contribution in [0.15, 0.2) is 42.0 Å². The van der Waals surface area contributed by atoms with Gasteiger partial charge in [0.15, 0.2) is 0 Å². The molecule has 0 saturated carbocycles. The molecule has 2 aromatic carbocycles. The minimum Gasteiger partial charge on any atom is -0.493 e. The third kappa shape index (κ3) is 4.12. The standard InChI is InChI=1S/C19H20N2O3/c1-3-24-18-9-8-14(16-6-4-5-7-17(16)18)12-15(13-20)19(22)21-10-11-23-2/h4-9,12H,3,10-11H2,1-2H3,(H,21,22)/b15-12+. The largest absolute Gasteiger partial charge is 0.493 e. The Morgan fingerprint density at radius 3 is 2.67 bits per heavy atom. The lowest BCUT2D eigenvalue weighted by Crippen LogP contribution is -2.27. The Morgan fingerprint density at radius 1 is 1.25 bits per heavy atom. The average Bonchev–Trinajstić information content (AvgIpc) is 2.61. The monoisotopic (exact) mass is 324 g/mol. The lowest BCUT2D eigenvalue weighted by atomic mass is 10.0. The zero-order valence-corrected chi connectivity index (χ0v) is 13.8. The molecule has 124 valence electrons. The molecule has 0 aliphatic rings. The van der Waals surface area contributed by atoms with Crippen molar-refractivity contribution in [1.29, 1.82) is 5.26 Å². The molecule has 1 amide bonds. The van der Waals surface area contributed by atoms with Crippen molar-refractivity contribution in [1.82, 2.24) is 5.32 Å². The van der Waals surface area contributed by atoms with Crippen molar-refractivity contribution in [3.63, 3.8) is 0 Å². The molecule has 1 N–H and O–H groups in total. The molecule has 2 rings (SSSR count). The second kappa shape index (κ2) is 8.70. The lowest BCUT2D eigenvalue weighted by Gasteiger charge is -2.10. The summed E-state index contributed by atoms with van der Waals surface area (Å²) in [5, 5.41) is 13.8. The van der Waals surface area contributed by atoms with Crippen LogP contribution in [0.3, 0.4) is 0 Å². The van der Waals surface area contributed by atoms with Crippen LogP contribution < -0.4 is 10.1 Å². The Labute approximate surface area is 141 Å². The maximum absolute atomic E-state index is 12.1. The molecular weight excluding hydrogens is 304 g/mol. The van der Waals surface area contributed by atoms with Crippen molar-refractivity contribution < 1.29 is 14.3 Å². The smallest absolute Gasteiger partial charge is 0.262 e. The van der Waals surface area contributed by atoms with Gasteiger partial charge < -0.3 is 14.8 Å². The number of amides is 1. The highest BCUT2D eigenvalue weighted by molar-refractivity contribution is 6.04. The minimum absolute atomic E-state index is 0.0559. The molecule has 0 atom stereocenters. The first-order valence-electron chi connectivity index (χ1n) is 7.74. The van der Waals surface area contributed by atoms with Crippen LogP contribution >= 0.6 is 0 Å². The van der Waals surface area contributed by atoms with Gasteiger partial charge in [-0.15, -0.1) is 0 Å². The number of hydrogen-bond donors (Lipinski definition) is 1. The van der Waals surface area contributed by atoms with Crippen LogP contribution in [0.1, 0.15) is 12.5 Å². The number of ether oxygens (including phenoxy) is 2. The molecule has 5 heteroatoms. The predicted molar refractivity (Wildman–Crippen MR) is 93.6 cm³/mol. The first-order chi connectivity index (χ1) is 11.7. The van der Waals surface area contributed by atoms with Gasteiger partial charge in [-0.05, 0) is 30.0 Å². The topological polar surface area (TPSA) is 71.3 Å². The zero-order valence-electron chi connectivity index (χ0n) is 13.8. The Bertz CT molecular complexity index is 791. The van der Waals surface area contributed by atoms with E-state index in [2.05, 4.69) is 5.32 Å². The Hall–Kier alpha value is -2.84. The number of methoxy groups -OCH3 is 1. The fourth-order valence-electron chi connectivity index (χ4n) is 2.37. The number of rotatable bonds is 7. The van der Waals surface area contributed by atoms with Crippen molar-refractivity contribution in [2.24, 2.45) is 0 Å². The molecule has 0 fully saturated rings. The van der Waals surface area contributed by atoms with Crippen LogP contribution in [-0.4, -0.2) is 32.8 Å². The number of fused-ring (bicyclic) bond motifs is 1. The molecule has 0 saturated heterocycles. The molecule has 0 aliphatic carbocycles. The SMILES string of the molecule is CCOc1ccc(/C=C(\C#N)C(=O)NCCOC)c2ccccc12. The van der Waals surface area contributed by atoms with E-state index in [1.54, 1.807) is 13.2 Å². The van der Waals surface area contributed by atoms with E-state index in [1.165, 1.54) is 0 Å². The van der Waals surface area contributed by atoms with Crippen LogP contribution in [0.5, 0.6) is 5.75 Å². The molecule has 24 heavy (non-hydrogen) atoms. The van der Waals surface area contributed by atoms with Crippen LogP contribution in [0.25, 0.3) is 16.8 Å². The fourth-order valence-corrected chi connectivity index (χ4v) is 2.37. The van der Waals surface area contributed by atoms with Gasteiger partial charge in [0.25, 0.3) is 5.91 Å². The first-order valence-corrected chi connectivity index (χ1v) is 7.74. The molecule has 2 aromatic rings. The first kappa shape index (κ1) is 17.5. The summed E-state index contributed by atoms with van der Waals surface area (Å²) in [5.74, 6) is 0.376. The third-order valence-electron chi connectivity index (χ3n) is 3.47. The number of nitrogens with zero attached hydrogens (tertiary/aromatic N) is 1. The number of carbonyl (C=O) groups is 1. The third-order valence-corrected chi connectivity index (χ3v) is 3.47. The van der Waals surface area contributed by atoms with Crippen molar-refractivity contribution in [3.8, 4) is 11.8 Å². The molecule has 0 radical (unpaired) electrons. The number of nitrogens with one attached hydrogen (secondary N) is 1. The van der Waals surface area contributed by atoms with E-state index >= 15 is 0 Å². The quantitative estimate of drug-likeness (QED) is 0.483. The molecule has 0 heterocycles. The van der Waals surface area contributed by atoms with E-state index in [0.717, 1.165) is 22.1 Å². The number of carbonyl (C=O) groups excluding carboxylic acids is 1. The van der Waals surface area contributed by atoms with E-state index in [4.69, 9.17) is 9.47 Å². The summed E-state index contributed by atoms with van der Waals surface area (Å²) in [7, 11) is 1.55. The van der Waals surface area contributed by atoms with Gasteiger partial charge in [-0.1, -0.05) is 30.3 Å². The van der Waals surface area contributed by atoms with Gasteiger partial charge in [-0.2, -0.15) is 5.26 Å². The number of hydrogen-bond acceptors (Lipinski definition) is 4. The van der Waals surface area contributed by atoms with Gasteiger partial charge in [0.2, 0.25) is 0 Å². The molecular formula is C19H20N2O3. The van der Waals surface area contributed by atoms with Crippen molar-refractivity contribution in [2.45, 2.75) is 6.92 Å². The van der Waals surface area contributed by atoms with Crippen molar-refractivity contribution in [3.05, 3.63) is 47.5 Å². The Balaban J connectivity index is 2.39. The Kier molecular flexibility index (Phi) is 6.35. The van der Waals surface area contributed by atoms with Crippen LogP contribution in [0.4, 0.5) is 0 Å². The van der Waals surface area contributed by atoms with Crippen LogP contribution in [-0.2, 0) is 9.53 Å². The van der Waals surface area contributed by atoms with Crippen molar-refractivity contribution >= 4 is 22.8 Å². The summed E-state index contributed by atoms with van der Waals surface area (Å²) in [6, 6.07) is 13.4. The normalized spacial score (nSPS) is 11.1. The van der Waals surface area contributed by atoms with E-state index in [9.17, 15) is 10.1 Å². The Morgan fingerprint density at radius 2 is 2.00 bits per heavy atom. The molecule has 0 aliphatic heterocycles. The maximum Gasteiger partial charge on any atom is 0.262 e. The van der Waals surface area contributed by atoms with E-state index < -0.39 is 5.91 Å². The van der Waals surface area contributed by atoms with Crippen LogP contribution in [0, 0.1) is 11.3 Å². The molecule has 0 aromatic heterocycles. The average molecular weight is 324 g/mol. The summed E-state index contributed by atoms with van der Waals surface area (Å²) >= 11 is 0. The summed E-state index contributed by atoms with van der Waals surface area (Å²) < 4.78 is 10.5. The molecule has 0 spiro atoms. The fraction of sp³-hybridized carbons (Fsp3) is 0.263. The van der Waals surface area contributed by atoms with Gasteiger partial charge in [-0.3, -0.25) is 4.79 Å². The number of benzene rings is 2. The molecule has 0 bridgehead atoms. The van der Waals surface area contributed by atoms with Gasteiger partial charge in [-0.25, -0.2) is 0 Å². The van der Waals surface area contributed by atoms with Gasteiger partial charge >= 0.3 is 0 Å².